The van der Waals surface area contributed by atoms with Crippen LogP contribution in [0.15, 0.2) is 53.0 Å². The molecule has 0 aliphatic heterocycles. The summed E-state index contributed by atoms with van der Waals surface area (Å²) in [5, 5.41) is 3.51. The van der Waals surface area contributed by atoms with Crippen LogP contribution in [0.3, 0.4) is 0 Å². The topological polar surface area (TPSA) is 68.3 Å². The largest absolute Gasteiger partial charge is 0.452 e. The average molecular weight is 453 g/mol. The van der Waals surface area contributed by atoms with Gasteiger partial charge in [-0.2, -0.15) is 0 Å². The molecule has 1 N–H and O–H groups in total. The Morgan fingerprint density at radius 1 is 1.17 bits per heavy atom. The lowest BCUT2D eigenvalue weighted by atomic mass is 9.84. The van der Waals surface area contributed by atoms with Gasteiger partial charge in [-0.05, 0) is 61.1 Å². The number of amides is 1. The van der Waals surface area contributed by atoms with E-state index in [0.717, 1.165) is 45.9 Å². The fourth-order valence-corrected chi connectivity index (χ4v) is 3.99. The molecule has 6 heteroatoms. The number of benzene rings is 2. The van der Waals surface area contributed by atoms with Crippen LogP contribution in [0.5, 0.6) is 0 Å². The van der Waals surface area contributed by atoms with Crippen molar-refractivity contribution in [3.63, 3.8) is 0 Å². The number of hydrogen-bond acceptors (Lipinski definition) is 4. The van der Waals surface area contributed by atoms with Gasteiger partial charge < -0.3 is 10.1 Å². The smallest absolute Gasteiger partial charge is 0.339 e. The van der Waals surface area contributed by atoms with Gasteiger partial charge in [0.1, 0.15) is 0 Å². The van der Waals surface area contributed by atoms with Crippen LogP contribution in [-0.2, 0) is 22.4 Å². The number of aryl methyl sites for hydroxylation is 1. The van der Waals surface area contributed by atoms with Crippen molar-refractivity contribution in [2.75, 3.05) is 11.9 Å². The van der Waals surface area contributed by atoms with Crippen molar-refractivity contribution in [3.05, 3.63) is 69.8 Å². The van der Waals surface area contributed by atoms with Crippen LogP contribution < -0.4 is 5.32 Å². The molecule has 2 aromatic carbocycles. The number of fused-ring (bicyclic) bond motifs is 2. The first kappa shape index (κ1) is 19.6. The molecule has 0 saturated carbocycles. The first-order chi connectivity index (χ1) is 14.0. The fourth-order valence-electron chi connectivity index (χ4n) is 3.73. The zero-order chi connectivity index (χ0) is 20.4. The minimum Gasteiger partial charge on any atom is -0.452 e. The molecule has 1 aromatic heterocycles. The van der Waals surface area contributed by atoms with Gasteiger partial charge in [0.15, 0.2) is 6.61 Å². The van der Waals surface area contributed by atoms with Crippen molar-refractivity contribution in [1.29, 1.82) is 0 Å². The van der Waals surface area contributed by atoms with Crippen LogP contribution in [0.4, 0.5) is 5.69 Å². The van der Waals surface area contributed by atoms with Gasteiger partial charge in [0.05, 0.1) is 11.1 Å². The summed E-state index contributed by atoms with van der Waals surface area (Å²) in [6, 6.07) is 14.8. The number of anilines is 1. The SMILES string of the molecule is CC1CCc2nc3ccccc3c(C(=O)OCC(=O)Nc3ccc(Br)cc3)c2C1. The third-order valence-corrected chi connectivity index (χ3v) is 5.70. The van der Waals surface area contributed by atoms with E-state index in [1.165, 1.54) is 0 Å². The Morgan fingerprint density at radius 2 is 1.93 bits per heavy atom. The lowest BCUT2D eigenvalue weighted by Crippen LogP contribution is -2.23. The van der Waals surface area contributed by atoms with Crippen molar-refractivity contribution in [1.82, 2.24) is 4.98 Å². The number of para-hydroxylation sites is 1. The van der Waals surface area contributed by atoms with Gasteiger partial charge in [-0.1, -0.05) is 41.1 Å². The zero-order valence-electron chi connectivity index (χ0n) is 16.1. The number of pyridine rings is 1. The molecular weight excluding hydrogens is 432 g/mol. The normalized spacial score (nSPS) is 15.6. The quantitative estimate of drug-likeness (QED) is 0.570. The zero-order valence-corrected chi connectivity index (χ0v) is 17.7. The monoisotopic (exact) mass is 452 g/mol. The highest BCUT2D eigenvalue weighted by Gasteiger charge is 2.26. The Hall–Kier alpha value is -2.73. The number of carbonyl (C=O) groups excluding carboxylic acids is 2. The van der Waals surface area contributed by atoms with Crippen molar-refractivity contribution in [3.8, 4) is 0 Å². The molecule has 0 radical (unpaired) electrons. The van der Waals surface area contributed by atoms with E-state index in [1.807, 2.05) is 36.4 Å². The highest BCUT2D eigenvalue weighted by atomic mass is 79.9. The summed E-state index contributed by atoms with van der Waals surface area (Å²) in [6.45, 7) is 1.84. The Balaban J connectivity index is 1.55. The van der Waals surface area contributed by atoms with Gasteiger partial charge in [-0.15, -0.1) is 0 Å². The van der Waals surface area contributed by atoms with Crippen LogP contribution >= 0.6 is 15.9 Å². The van der Waals surface area contributed by atoms with Gasteiger partial charge in [0, 0.05) is 21.2 Å². The molecule has 1 unspecified atom stereocenters. The number of rotatable bonds is 4. The first-order valence-corrected chi connectivity index (χ1v) is 10.4. The van der Waals surface area contributed by atoms with Gasteiger partial charge in [-0.3, -0.25) is 9.78 Å². The Kier molecular flexibility index (Phi) is 5.62. The second kappa shape index (κ2) is 8.33. The second-order valence-corrected chi connectivity index (χ2v) is 8.32. The van der Waals surface area contributed by atoms with Gasteiger partial charge in [0.25, 0.3) is 5.91 Å². The van der Waals surface area contributed by atoms with Crippen LogP contribution in [-0.4, -0.2) is 23.5 Å². The Morgan fingerprint density at radius 3 is 2.72 bits per heavy atom. The van der Waals surface area contributed by atoms with Crippen molar-refractivity contribution in [2.45, 2.75) is 26.2 Å². The van der Waals surface area contributed by atoms with Crippen molar-refractivity contribution >= 4 is 44.4 Å². The second-order valence-electron chi connectivity index (χ2n) is 7.41. The molecule has 0 bridgehead atoms. The molecular formula is C23H21BrN2O3. The molecule has 148 valence electrons. The third kappa shape index (κ3) is 4.32. The van der Waals surface area contributed by atoms with E-state index in [4.69, 9.17) is 9.72 Å². The molecule has 0 fully saturated rings. The van der Waals surface area contributed by atoms with Crippen molar-refractivity contribution < 1.29 is 14.3 Å². The summed E-state index contributed by atoms with van der Waals surface area (Å²) in [5.41, 5.74) is 3.91. The van der Waals surface area contributed by atoms with E-state index >= 15 is 0 Å². The summed E-state index contributed by atoms with van der Waals surface area (Å²) >= 11 is 3.35. The lowest BCUT2D eigenvalue weighted by molar-refractivity contribution is -0.119. The Bertz CT molecular complexity index is 1080. The summed E-state index contributed by atoms with van der Waals surface area (Å²) in [5.74, 6) is -0.362. The van der Waals surface area contributed by atoms with E-state index in [9.17, 15) is 9.59 Å². The van der Waals surface area contributed by atoms with Crippen LogP contribution in [0.2, 0.25) is 0 Å². The van der Waals surface area contributed by atoms with Crippen LogP contribution in [0.25, 0.3) is 10.9 Å². The minimum absolute atomic E-state index is 0.337. The molecule has 5 nitrogen and oxygen atoms in total. The van der Waals surface area contributed by atoms with E-state index < -0.39 is 5.97 Å². The number of nitrogens with one attached hydrogen (secondary N) is 1. The molecule has 3 aromatic rings. The number of aromatic nitrogens is 1. The van der Waals surface area contributed by atoms with Gasteiger partial charge >= 0.3 is 5.97 Å². The molecule has 0 saturated heterocycles. The van der Waals surface area contributed by atoms with Gasteiger partial charge in [-0.25, -0.2) is 4.79 Å². The van der Waals surface area contributed by atoms with Crippen molar-refractivity contribution in [2.24, 2.45) is 5.92 Å². The predicted molar refractivity (Wildman–Crippen MR) is 116 cm³/mol. The summed E-state index contributed by atoms with van der Waals surface area (Å²) in [4.78, 5) is 30.0. The predicted octanol–water partition coefficient (Wildman–Crippen LogP) is 4.92. The molecule has 1 amide bonds. The standard InChI is InChI=1S/C23H21BrN2O3/c1-14-6-11-20-18(12-14)22(17-4-2-3-5-19(17)26-20)23(28)29-13-21(27)25-16-9-7-15(24)8-10-16/h2-5,7-10,14H,6,11-13H2,1H3,(H,25,27). The number of ether oxygens (including phenoxy) is 1. The van der Waals surface area contributed by atoms with E-state index in [0.29, 0.717) is 17.2 Å². The van der Waals surface area contributed by atoms with Gasteiger partial charge in [0.2, 0.25) is 0 Å². The molecule has 4 rings (SSSR count). The average Bonchev–Trinajstić information content (AvgIpc) is 2.72. The molecule has 1 aliphatic rings. The molecule has 0 spiro atoms. The van der Waals surface area contributed by atoms with E-state index in [1.54, 1.807) is 12.1 Å². The van der Waals surface area contributed by atoms with Crippen LogP contribution in [0, 0.1) is 5.92 Å². The number of nitrogens with zero attached hydrogens (tertiary/aromatic N) is 1. The first-order valence-electron chi connectivity index (χ1n) is 9.64. The number of carbonyl (C=O) groups is 2. The highest BCUT2D eigenvalue weighted by molar-refractivity contribution is 9.10. The maximum Gasteiger partial charge on any atom is 0.339 e. The summed E-state index contributed by atoms with van der Waals surface area (Å²) in [6.07, 6.45) is 2.71. The van der Waals surface area contributed by atoms with E-state index in [-0.39, 0.29) is 12.5 Å². The Labute approximate surface area is 177 Å². The summed E-state index contributed by atoms with van der Waals surface area (Å²) in [7, 11) is 0. The fraction of sp³-hybridized carbons (Fsp3) is 0.261. The number of esters is 1. The minimum atomic E-state index is -0.472. The maximum absolute atomic E-state index is 13.0. The third-order valence-electron chi connectivity index (χ3n) is 5.17. The molecule has 1 atom stereocenters. The molecule has 29 heavy (non-hydrogen) atoms. The highest BCUT2D eigenvalue weighted by Crippen LogP contribution is 2.32. The number of hydrogen-bond donors (Lipinski definition) is 1. The molecule has 1 heterocycles. The lowest BCUT2D eigenvalue weighted by Gasteiger charge is -2.24. The summed E-state index contributed by atoms with van der Waals surface area (Å²) < 4.78 is 6.33. The number of halogens is 1. The van der Waals surface area contributed by atoms with E-state index in [2.05, 4.69) is 28.2 Å². The van der Waals surface area contributed by atoms with Crippen LogP contribution in [0.1, 0.15) is 35.0 Å². The maximum atomic E-state index is 13.0. The molecule has 1 aliphatic carbocycles.